The van der Waals surface area contributed by atoms with E-state index in [1.165, 1.54) is 0 Å². The molecule has 0 atom stereocenters. The van der Waals surface area contributed by atoms with Gasteiger partial charge in [0.2, 0.25) is 5.75 Å². The van der Waals surface area contributed by atoms with E-state index in [2.05, 4.69) is 6.92 Å². The number of fused-ring (bicyclic) bond motifs is 1. The number of aromatic nitrogens is 1. The highest BCUT2D eigenvalue weighted by molar-refractivity contribution is 5.89. The third-order valence-corrected chi connectivity index (χ3v) is 3.67. The van der Waals surface area contributed by atoms with Crippen LogP contribution in [0.4, 0.5) is 5.69 Å². The van der Waals surface area contributed by atoms with E-state index in [4.69, 9.17) is 10.5 Å². The van der Waals surface area contributed by atoms with Crippen molar-refractivity contribution >= 4 is 16.6 Å². The zero-order chi connectivity index (χ0) is 17.0. The van der Waals surface area contributed by atoms with Crippen LogP contribution in [0.1, 0.15) is 33.6 Å². The van der Waals surface area contributed by atoms with Crippen LogP contribution in [0.25, 0.3) is 10.9 Å². The molecule has 1 heterocycles. The number of nitrogens with two attached hydrogens (primary N) is 1. The number of allylic oxidation sites excluding steroid dienone is 1. The lowest BCUT2D eigenvalue weighted by Gasteiger charge is -2.15. The van der Waals surface area contributed by atoms with Crippen molar-refractivity contribution in [2.24, 2.45) is 0 Å². The van der Waals surface area contributed by atoms with E-state index in [1.54, 1.807) is 22.8 Å². The van der Waals surface area contributed by atoms with E-state index in [0.717, 1.165) is 18.4 Å². The number of hydrogen-bond acceptors (Lipinski definition) is 4. The zero-order valence-electron chi connectivity index (χ0n) is 13.9. The van der Waals surface area contributed by atoms with Crippen LogP contribution in [0.3, 0.4) is 0 Å². The average molecular weight is 316 g/mol. The number of benzene rings is 1. The molecule has 1 aromatic carbocycles. The smallest absolute Gasteiger partial charge is 0.297 e. The summed E-state index contributed by atoms with van der Waals surface area (Å²) in [4.78, 5) is 12.5. The topological polar surface area (TPSA) is 77.5 Å². The second kappa shape index (κ2) is 7.22. The van der Waals surface area contributed by atoms with Gasteiger partial charge in [0.1, 0.15) is 6.61 Å². The van der Waals surface area contributed by atoms with Gasteiger partial charge in [-0.1, -0.05) is 18.9 Å². The van der Waals surface area contributed by atoms with E-state index < -0.39 is 5.56 Å². The minimum absolute atomic E-state index is 0.218. The minimum atomic E-state index is -0.441. The molecule has 0 aliphatic heterocycles. The largest absolute Gasteiger partial charge is 0.500 e. The molecule has 3 N–H and O–H groups in total. The van der Waals surface area contributed by atoms with Gasteiger partial charge in [-0.15, -0.1) is 0 Å². The Bertz CT molecular complexity index is 787. The lowest BCUT2D eigenvalue weighted by atomic mass is 10.1. The first-order chi connectivity index (χ1) is 11.0. The van der Waals surface area contributed by atoms with E-state index in [-0.39, 0.29) is 11.5 Å². The van der Waals surface area contributed by atoms with Crippen LogP contribution in [0.2, 0.25) is 0 Å². The highest BCUT2D eigenvalue weighted by atomic mass is 16.5. The van der Waals surface area contributed by atoms with Gasteiger partial charge in [0.15, 0.2) is 5.75 Å². The Morgan fingerprint density at radius 2 is 2.13 bits per heavy atom. The monoisotopic (exact) mass is 316 g/mol. The second-order valence-electron chi connectivity index (χ2n) is 5.86. The Morgan fingerprint density at radius 1 is 1.39 bits per heavy atom. The number of nitrogen functional groups attached to an aromatic ring is 1. The fraction of sp³-hybridized carbons (Fsp3) is 0.389. The van der Waals surface area contributed by atoms with Crippen LogP contribution in [0, 0.1) is 0 Å². The summed E-state index contributed by atoms with van der Waals surface area (Å²) in [5.41, 5.74) is 7.80. The fourth-order valence-electron chi connectivity index (χ4n) is 2.40. The molecule has 0 saturated carbocycles. The molecule has 0 aliphatic rings. The third-order valence-electron chi connectivity index (χ3n) is 3.67. The standard InChI is InChI=1S/C18H24N2O3/c1-4-5-9-20-15-11-13(19)6-7-14(15)17(16(21)18(20)22)23-10-8-12(2)3/h6-8,11,21H,4-5,9-10,19H2,1-3H3. The molecule has 0 unspecified atom stereocenters. The molecule has 23 heavy (non-hydrogen) atoms. The summed E-state index contributed by atoms with van der Waals surface area (Å²) in [5.74, 6) is -0.129. The molecule has 0 radical (unpaired) electrons. The van der Waals surface area contributed by atoms with Crippen molar-refractivity contribution in [1.29, 1.82) is 0 Å². The van der Waals surface area contributed by atoms with Crippen molar-refractivity contribution in [3.8, 4) is 11.5 Å². The number of ether oxygens (including phenoxy) is 1. The lowest BCUT2D eigenvalue weighted by molar-refractivity contribution is 0.335. The summed E-state index contributed by atoms with van der Waals surface area (Å²) in [6, 6.07) is 5.27. The van der Waals surface area contributed by atoms with Crippen molar-refractivity contribution < 1.29 is 9.84 Å². The maximum absolute atomic E-state index is 12.5. The Balaban J connectivity index is 2.62. The summed E-state index contributed by atoms with van der Waals surface area (Å²) >= 11 is 0. The van der Waals surface area contributed by atoms with Crippen LogP contribution < -0.4 is 16.0 Å². The number of anilines is 1. The van der Waals surface area contributed by atoms with Crippen LogP contribution in [-0.4, -0.2) is 16.3 Å². The molecule has 5 nitrogen and oxygen atoms in total. The van der Waals surface area contributed by atoms with E-state index in [0.29, 0.717) is 29.7 Å². The second-order valence-corrected chi connectivity index (χ2v) is 5.86. The van der Waals surface area contributed by atoms with Gasteiger partial charge in [0.25, 0.3) is 5.56 Å². The van der Waals surface area contributed by atoms with Gasteiger partial charge < -0.3 is 20.1 Å². The normalized spacial score (nSPS) is 10.7. The van der Waals surface area contributed by atoms with E-state index in [9.17, 15) is 9.90 Å². The Morgan fingerprint density at radius 3 is 2.78 bits per heavy atom. The average Bonchev–Trinajstić information content (AvgIpc) is 2.50. The van der Waals surface area contributed by atoms with Crippen molar-refractivity contribution in [3.05, 3.63) is 40.2 Å². The molecule has 5 heteroatoms. The highest BCUT2D eigenvalue weighted by Gasteiger charge is 2.17. The molecule has 2 rings (SSSR count). The van der Waals surface area contributed by atoms with Crippen LogP contribution in [0.15, 0.2) is 34.6 Å². The Kier molecular flexibility index (Phi) is 5.32. The van der Waals surface area contributed by atoms with Crippen LogP contribution in [-0.2, 0) is 6.54 Å². The van der Waals surface area contributed by atoms with Crippen molar-refractivity contribution in [2.75, 3.05) is 12.3 Å². The molecular weight excluding hydrogens is 292 g/mol. The number of aromatic hydroxyl groups is 1. The van der Waals surface area contributed by atoms with Crippen molar-refractivity contribution in [2.45, 2.75) is 40.2 Å². The SMILES string of the molecule is CCCCn1c(=O)c(O)c(OCC=C(C)C)c2ccc(N)cc21. The molecular formula is C18H24N2O3. The summed E-state index contributed by atoms with van der Waals surface area (Å²) < 4.78 is 7.23. The maximum atomic E-state index is 12.5. The number of pyridine rings is 1. The first kappa shape index (κ1) is 16.9. The van der Waals surface area contributed by atoms with Gasteiger partial charge in [0, 0.05) is 17.6 Å². The molecule has 0 aliphatic carbocycles. The lowest BCUT2D eigenvalue weighted by Crippen LogP contribution is -2.21. The van der Waals surface area contributed by atoms with Gasteiger partial charge in [-0.25, -0.2) is 0 Å². The highest BCUT2D eigenvalue weighted by Crippen LogP contribution is 2.33. The molecule has 1 aromatic heterocycles. The van der Waals surface area contributed by atoms with Gasteiger partial charge in [-0.05, 0) is 44.5 Å². The molecule has 124 valence electrons. The van der Waals surface area contributed by atoms with Crippen LogP contribution >= 0.6 is 0 Å². The molecule has 0 spiro atoms. The fourth-order valence-corrected chi connectivity index (χ4v) is 2.40. The summed E-state index contributed by atoms with van der Waals surface area (Å²) in [6.07, 6.45) is 3.70. The first-order valence-corrected chi connectivity index (χ1v) is 7.86. The molecule has 0 bridgehead atoms. The predicted octanol–water partition coefficient (Wildman–Crippen LogP) is 3.43. The Labute approximate surface area is 136 Å². The molecule has 0 fully saturated rings. The summed E-state index contributed by atoms with van der Waals surface area (Å²) in [6.45, 7) is 6.82. The number of hydrogen-bond donors (Lipinski definition) is 2. The van der Waals surface area contributed by atoms with Gasteiger partial charge in [-0.3, -0.25) is 4.79 Å². The number of unbranched alkanes of at least 4 members (excludes halogenated alkanes) is 1. The van der Waals surface area contributed by atoms with Gasteiger partial charge in [-0.2, -0.15) is 0 Å². The van der Waals surface area contributed by atoms with Gasteiger partial charge in [0.05, 0.1) is 5.52 Å². The molecule has 2 aromatic rings. The predicted molar refractivity (Wildman–Crippen MR) is 94.1 cm³/mol. The zero-order valence-corrected chi connectivity index (χ0v) is 13.9. The van der Waals surface area contributed by atoms with E-state index in [1.807, 2.05) is 19.9 Å². The third kappa shape index (κ3) is 3.67. The van der Waals surface area contributed by atoms with Crippen molar-refractivity contribution in [3.63, 3.8) is 0 Å². The summed E-state index contributed by atoms with van der Waals surface area (Å²) in [7, 11) is 0. The van der Waals surface area contributed by atoms with Crippen molar-refractivity contribution in [1.82, 2.24) is 4.57 Å². The molecule has 0 saturated heterocycles. The minimum Gasteiger partial charge on any atom is -0.500 e. The molecule has 0 amide bonds. The number of nitrogens with zero attached hydrogens (tertiary/aromatic N) is 1. The van der Waals surface area contributed by atoms with Gasteiger partial charge >= 0.3 is 0 Å². The summed E-state index contributed by atoms with van der Waals surface area (Å²) in [5, 5.41) is 11.0. The van der Waals surface area contributed by atoms with Crippen LogP contribution in [0.5, 0.6) is 11.5 Å². The first-order valence-electron chi connectivity index (χ1n) is 7.86. The van der Waals surface area contributed by atoms with E-state index >= 15 is 0 Å². The number of rotatable bonds is 6. The Hall–Kier alpha value is -2.43. The maximum Gasteiger partial charge on any atom is 0.297 e. The quantitative estimate of drug-likeness (QED) is 0.632. The number of aryl methyl sites for hydroxylation is 1.